The molecule has 0 saturated carbocycles. The van der Waals surface area contributed by atoms with E-state index in [0.717, 1.165) is 18.6 Å². The van der Waals surface area contributed by atoms with Crippen molar-refractivity contribution in [3.05, 3.63) is 57.3 Å². The zero-order chi connectivity index (χ0) is 20.3. The van der Waals surface area contributed by atoms with E-state index in [-0.39, 0.29) is 11.4 Å². The molecule has 1 N–H and O–H groups in total. The van der Waals surface area contributed by atoms with E-state index in [1.807, 2.05) is 24.4 Å². The summed E-state index contributed by atoms with van der Waals surface area (Å²) in [4.78, 5) is 18.4. The second-order valence-corrected chi connectivity index (χ2v) is 8.45. The van der Waals surface area contributed by atoms with Crippen LogP contribution in [0.2, 0.25) is 0 Å². The number of amides is 1. The number of halogens is 3. The summed E-state index contributed by atoms with van der Waals surface area (Å²) in [5.41, 5.74) is 0.583. The second-order valence-electron chi connectivity index (χ2n) is 6.16. The summed E-state index contributed by atoms with van der Waals surface area (Å²) >= 11 is 2.98. The van der Waals surface area contributed by atoms with E-state index in [4.69, 9.17) is 0 Å². The predicted molar refractivity (Wildman–Crippen MR) is 108 cm³/mol. The minimum atomic E-state index is -4.43. The van der Waals surface area contributed by atoms with Crippen molar-refractivity contribution >= 4 is 39.9 Å². The van der Waals surface area contributed by atoms with Crippen LogP contribution in [-0.4, -0.2) is 23.2 Å². The lowest BCUT2D eigenvalue weighted by molar-refractivity contribution is -0.137. The number of hydrogen-bond acceptors (Lipinski definition) is 4. The van der Waals surface area contributed by atoms with E-state index in [1.54, 1.807) is 18.3 Å². The van der Waals surface area contributed by atoms with Crippen LogP contribution in [0.5, 0.6) is 0 Å². The molecule has 3 aromatic rings. The van der Waals surface area contributed by atoms with Gasteiger partial charge in [-0.3, -0.25) is 4.79 Å². The third-order valence-electron chi connectivity index (χ3n) is 4.29. The van der Waals surface area contributed by atoms with E-state index in [2.05, 4.69) is 10.3 Å². The van der Waals surface area contributed by atoms with Crippen LogP contribution in [0.4, 0.5) is 13.2 Å². The van der Waals surface area contributed by atoms with Gasteiger partial charge in [-0.15, -0.1) is 23.1 Å². The number of benzene rings is 1. The van der Waals surface area contributed by atoms with Crippen molar-refractivity contribution in [2.75, 3.05) is 12.3 Å². The molecular formula is C20H19F3N2OS2. The van der Waals surface area contributed by atoms with Crippen LogP contribution in [0.3, 0.4) is 0 Å². The fraction of sp³-hybridized carbons (Fsp3) is 0.300. The average Bonchev–Trinajstić information content (AvgIpc) is 3.14. The molecule has 2 aromatic heterocycles. The van der Waals surface area contributed by atoms with Gasteiger partial charge in [0, 0.05) is 16.8 Å². The number of nitrogens with one attached hydrogen (secondary N) is 1. The standard InChI is InChI=1S/C20H19F3N2OS2/c1-3-27-19-17(18(26)24-9-8-14-5-4-10-28-14)12(2)15-7-6-13(20(21,22)23)11-16(15)25-19/h4-7,10-11H,3,8-9H2,1-2H3,(H,24,26). The Morgan fingerprint density at radius 2 is 2.07 bits per heavy atom. The van der Waals surface area contributed by atoms with E-state index in [1.165, 1.54) is 22.7 Å². The molecule has 0 unspecified atom stereocenters. The number of thiophene rings is 1. The van der Waals surface area contributed by atoms with Gasteiger partial charge in [-0.1, -0.05) is 19.1 Å². The number of aryl methyl sites for hydroxylation is 1. The fourth-order valence-electron chi connectivity index (χ4n) is 2.93. The molecule has 1 aromatic carbocycles. The number of pyridine rings is 1. The minimum absolute atomic E-state index is 0.249. The van der Waals surface area contributed by atoms with Crippen LogP contribution < -0.4 is 5.32 Å². The molecule has 0 aliphatic carbocycles. The maximum atomic E-state index is 13.0. The van der Waals surface area contributed by atoms with Gasteiger partial charge in [-0.05, 0) is 48.2 Å². The largest absolute Gasteiger partial charge is 0.416 e. The minimum Gasteiger partial charge on any atom is -0.352 e. The number of alkyl halides is 3. The first-order valence-electron chi connectivity index (χ1n) is 8.76. The lowest BCUT2D eigenvalue weighted by Crippen LogP contribution is -2.27. The summed E-state index contributed by atoms with van der Waals surface area (Å²) < 4.78 is 39.1. The molecule has 0 bridgehead atoms. The summed E-state index contributed by atoms with van der Waals surface area (Å²) in [5.74, 6) is 0.408. The van der Waals surface area contributed by atoms with Gasteiger partial charge in [0.2, 0.25) is 0 Å². The van der Waals surface area contributed by atoms with E-state index in [9.17, 15) is 18.0 Å². The summed E-state index contributed by atoms with van der Waals surface area (Å²) in [7, 11) is 0. The summed E-state index contributed by atoms with van der Waals surface area (Å²) in [6, 6.07) is 7.44. The van der Waals surface area contributed by atoms with Crippen LogP contribution in [0.25, 0.3) is 10.9 Å². The lowest BCUT2D eigenvalue weighted by atomic mass is 10.0. The number of thioether (sulfide) groups is 1. The highest BCUT2D eigenvalue weighted by Gasteiger charge is 2.31. The zero-order valence-corrected chi connectivity index (χ0v) is 17.0. The van der Waals surface area contributed by atoms with E-state index in [0.29, 0.717) is 33.8 Å². The van der Waals surface area contributed by atoms with Crippen LogP contribution in [0.15, 0.2) is 40.7 Å². The maximum absolute atomic E-state index is 13.0. The van der Waals surface area contributed by atoms with Crippen LogP contribution in [-0.2, 0) is 12.6 Å². The fourth-order valence-corrected chi connectivity index (χ4v) is 4.46. The zero-order valence-electron chi connectivity index (χ0n) is 15.4. The van der Waals surface area contributed by atoms with Gasteiger partial charge in [0.25, 0.3) is 5.91 Å². The van der Waals surface area contributed by atoms with Gasteiger partial charge < -0.3 is 5.32 Å². The molecule has 0 saturated heterocycles. The van der Waals surface area contributed by atoms with Crippen molar-refractivity contribution < 1.29 is 18.0 Å². The molecule has 3 rings (SSSR count). The Labute approximate surface area is 169 Å². The number of aromatic nitrogens is 1. The molecule has 28 heavy (non-hydrogen) atoms. The number of fused-ring (bicyclic) bond motifs is 1. The third-order valence-corrected chi connectivity index (χ3v) is 6.08. The normalized spacial score (nSPS) is 11.8. The first kappa shape index (κ1) is 20.7. The predicted octanol–water partition coefficient (Wildman–Crippen LogP) is 5.71. The summed E-state index contributed by atoms with van der Waals surface area (Å²) in [5, 5.41) is 5.91. The van der Waals surface area contributed by atoms with Crippen molar-refractivity contribution in [3.63, 3.8) is 0 Å². The number of hydrogen-bond donors (Lipinski definition) is 1. The van der Waals surface area contributed by atoms with Crippen molar-refractivity contribution in [1.82, 2.24) is 10.3 Å². The Bertz CT molecular complexity index is 985. The monoisotopic (exact) mass is 424 g/mol. The van der Waals surface area contributed by atoms with Crippen molar-refractivity contribution in [3.8, 4) is 0 Å². The Kier molecular flexibility index (Phi) is 6.30. The number of rotatable bonds is 6. The number of nitrogens with zero attached hydrogens (tertiary/aromatic N) is 1. The van der Waals surface area contributed by atoms with Crippen molar-refractivity contribution in [2.45, 2.75) is 31.5 Å². The third kappa shape index (κ3) is 4.50. The highest BCUT2D eigenvalue weighted by molar-refractivity contribution is 7.99. The van der Waals surface area contributed by atoms with Gasteiger partial charge >= 0.3 is 6.18 Å². The molecule has 2 heterocycles. The molecule has 8 heteroatoms. The molecular weight excluding hydrogens is 405 g/mol. The smallest absolute Gasteiger partial charge is 0.352 e. The molecule has 0 aliphatic heterocycles. The Morgan fingerprint density at radius 3 is 2.71 bits per heavy atom. The molecule has 0 atom stereocenters. The van der Waals surface area contributed by atoms with Crippen LogP contribution in [0.1, 0.15) is 33.3 Å². The first-order valence-corrected chi connectivity index (χ1v) is 10.6. The van der Waals surface area contributed by atoms with Gasteiger partial charge in [-0.2, -0.15) is 13.2 Å². The quantitative estimate of drug-likeness (QED) is 0.516. The molecule has 0 spiro atoms. The molecule has 1 amide bonds. The first-order chi connectivity index (χ1) is 13.3. The Morgan fingerprint density at radius 1 is 1.29 bits per heavy atom. The van der Waals surface area contributed by atoms with Crippen LogP contribution in [0, 0.1) is 6.92 Å². The highest BCUT2D eigenvalue weighted by Crippen LogP contribution is 2.34. The molecule has 0 aliphatic rings. The van der Waals surface area contributed by atoms with E-state index >= 15 is 0 Å². The molecule has 0 radical (unpaired) electrons. The Hall–Kier alpha value is -2.06. The number of carbonyl (C=O) groups is 1. The molecule has 3 nitrogen and oxygen atoms in total. The van der Waals surface area contributed by atoms with Gasteiger partial charge in [0.05, 0.1) is 16.6 Å². The van der Waals surface area contributed by atoms with Crippen LogP contribution >= 0.6 is 23.1 Å². The van der Waals surface area contributed by atoms with Crippen molar-refractivity contribution in [2.24, 2.45) is 0 Å². The molecule has 0 fully saturated rings. The van der Waals surface area contributed by atoms with E-state index < -0.39 is 11.7 Å². The molecule has 148 valence electrons. The maximum Gasteiger partial charge on any atom is 0.416 e. The van der Waals surface area contributed by atoms with Crippen molar-refractivity contribution in [1.29, 1.82) is 0 Å². The Balaban J connectivity index is 1.94. The van der Waals surface area contributed by atoms with Gasteiger partial charge in [0.1, 0.15) is 5.03 Å². The highest BCUT2D eigenvalue weighted by atomic mass is 32.2. The van der Waals surface area contributed by atoms with Gasteiger partial charge in [-0.25, -0.2) is 4.98 Å². The summed E-state index contributed by atoms with van der Waals surface area (Å²) in [6.45, 7) is 4.15. The lowest BCUT2D eigenvalue weighted by Gasteiger charge is -2.15. The number of carbonyl (C=O) groups excluding carboxylic acids is 1. The average molecular weight is 425 g/mol. The van der Waals surface area contributed by atoms with Gasteiger partial charge in [0.15, 0.2) is 0 Å². The SMILES string of the molecule is CCSc1nc2cc(C(F)(F)F)ccc2c(C)c1C(=O)NCCc1cccs1. The second kappa shape index (κ2) is 8.53. The topological polar surface area (TPSA) is 42.0 Å². The summed E-state index contributed by atoms with van der Waals surface area (Å²) in [6.07, 6.45) is -3.70.